The molecule has 1 saturated carbocycles. The van der Waals surface area contributed by atoms with Gasteiger partial charge in [0.15, 0.2) is 5.82 Å². The first kappa shape index (κ1) is 14.8. The second kappa shape index (κ2) is 5.77. The van der Waals surface area contributed by atoms with Crippen molar-refractivity contribution in [1.29, 1.82) is 0 Å². The van der Waals surface area contributed by atoms with Crippen LogP contribution in [0.5, 0.6) is 0 Å². The predicted molar refractivity (Wildman–Crippen MR) is 91.0 cm³/mol. The Morgan fingerprint density at radius 3 is 2.96 bits per heavy atom. The van der Waals surface area contributed by atoms with Crippen LogP contribution in [0.1, 0.15) is 55.2 Å². The highest BCUT2D eigenvalue weighted by atomic mass is 16.5. The minimum Gasteiger partial charge on any atom is -0.339 e. The van der Waals surface area contributed by atoms with E-state index in [1.165, 1.54) is 0 Å². The molecule has 5 rings (SSSR count). The molecule has 3 heterocycles. The fraction of sp³-hybridized carbons (Fsp3) is 0.444. The van der Waals surface area contributed by atoms with E-state index < -0.39 is 0 Å². The molecule has 7 nitrogen and oxygen atoms in total. The van der Waals surface area contributed by atoms with Gasteiger partial charge in [0, 0.05) is 5.92 Å². The van der Waals surface area contributed by atoms with E-state index in [1.807, 2.05) is 18.2 Å². The highest BCUT2D eigenvalue weighted by Crippen LogP contribution is 2.40. The van der Waals surface area contributed by atoms with Gasteiger partial charge in [0.05, 0.1) is 23.5 Å². The van der Waals surface area contributed by atoms with Crippen molar-refractivity contribution in [2.75, 3.05) is 6.54 Å². The molecule has 1 N–H and O–H groups in total. The fourth-order valence-electron chi connectivity index (χ4n) is 3.59. The third-order valence-corrected chi connectivity index (χ3v) is 5.06. The molecule has 25 heavy (non-hydrogen) atoms. The summed E-state index contributed by atoms with van der Waals surface area (Å²) in [5, 5.41) is 4.82. The molecule has 0 amide bonds. The Balaban J connectivity index is 1.41. The van der Waals surface area contributed by atoms with E-state index in [0.29, 0.717) is 23.7 Å². The van der Waals surface area contributed by atoms with Crippen molar-refractivity contribution in [3.63, 3.8) is 0 Å². The summed E-state index contributed by atoms with van der Waals surface area (Å²) in [7, 11) is 0. The van der Waals surface area contributed by atoms with E-state index in [9.17, 15) is 4.79 Å². The molecule has 2 aliphatic rings. The number of aromatic nitrogens is 4. The van der Waals surface area contributed by atoms with Crippen molar-refractivity contribution in [3.05, 3.63) is 52.2 Å². The maximum absolute atomic E-state index is 12.3. The summed E-state index contributed by atoms with van der Waals surface area (Å²) in [6.45, 7) is 1.52. The van der Waals surface area contributed by atoms with E-state index >= 15 is 0 Å². The van der Waals surface area contributed by atoms with Crippen LogP contribution in [0.2, 0.25) is 0 Å². The van der Waals surface area contributed by atoms with Crippen molar-refractivity contribution >= 4 is 10.9 Å². The highest BCUT2D eigenvalue weighted by molar-refractivity contribution is 5.77. The normalized spacial score (nSPS) is 21.2. The Morgan fingerprint density at radius 1 is 1.20 bits per heavy atom. The van der Waals surface area contributed by atoms with Crippen LogP contribution in [-0.4, -0.2) is 31.6 Å². The van der Waals surface area contributed by atoms with Gasteiger partial charge in [0.1, 0.15) is 5.82 Å². The van der Waals surface area contributed by atoms with E-state index in [0.717, 1.165) is 49.5 Å². The molecule has 2 aromatic heterocycles. The molecule has 1 unspecified atom stereocenters. The van der Waals surface area contributed by atoms with E-state index in [-0.39, 0.29) is 11.6 Å². The number of nitrogens with one attached hydrogen (secondary N) is 1. The number of rotatable bonds is 4. The number of likely N-dealkylation sites (tertiary alicyclic amines) is 1. The monoisotopic (exact) mass is 337 g/mol. The zero-order chi connectivity index (χ0) is 16.8. The van der Waals surface area contributed by atoms with Gasteiger partial charge < -0.3 is 9.51 Å². The molecule has 1 atom stereocenters. The Kier molecular flexibility index (Phi) is 3.41. The average Bonchev–Trinajstić information content (AvgIpc) is 3.17. The Hall–Kier alpha value is -2.54. The third kappa shape index (κ3) is 2.74. The average molecular weight is 337 g/mol. The molecule has 7 heteroatoms. The van der Waals surface area contributed by atoms with Gasteiger partial charge >= 0.3 is 0 Å². The number of nitrogens with zero attached hydrogens (tertiary/aromatic N) is 4. The number of hydrogen-bond acceptors (Lipinski definition) is 6. The van der Waals surface area contributed by atoms with Crippen LogP contribution in [0.15, 0.2) is 33.6 Å². The van der Waals surface area contributed by atoms with Crippen LogP contribution in [-0.2, 0) is 6.54 Å². The Morgan fingerprint density at radius 2 is 2.08 bits per heavy atom. The summed E-state index contributed by atoms with van der Waals surface area (Å²) in [5.74, 6) is 2.69. The number of fused-ring (bicyclic) bond motifs is 1. The molecule has 3 aromatic rings. The number of aromatic amines is 1. The molecule has 1 aliphatic carbocycles. The number of benzene rings is 1. The molecular weight excluding hydrogens is 318 g/mol. The van der Waals surface area contributed by atoms with Crippen LogP contribution in [0, 0.1) is 0 Å². The third-order valence-electron chi connectivity index (χ3n) is 5.06. The standard InChI is InChI=1S/C18H19N5O2/c24-17-12-4-1-2-5-13(12)19-15(20-17)10-23-9-3-6-14(23)16-21-18(25-22-16)11-7-8-11/h1-2,4-5,11,14H,3,6-10H2,(H,19,20,24). The first-order chi connectivity index (χ1) is 12.3. The van der Waals surface area contributed by atoms with Crippen LogP contribution in [0.25, 0.3) is 10.9 Å². The minimum atomic E-state index is -0.0908. The van der Waals surface area contributed by atoms with Crippen LogP contribution in [0.3, 0.4) is 0 Å². The maximum Gasteiger partial charge on any atom is 0.258 e. The number of hydrogen-bond donors (Lipinski definition) is 1. The predicted octanol–water partition coefficient (Wildman–Crippen LogP) is 2.52. The molecule has 0 spiro atoms. The first-order valence-electron chi connectivity index (χ1n) is 8.83. The van der Waals surface area contributed by atoms with Gasteiger partial charge in [-0.25, -0.2) is 4.98 Å². The summed E-state index contributed by atoms with van der Waals surface area (Å²) in [6.07, 6.45) is 4.38. The largest absolute Gasteiger partial charge is 0.339 e. The minimum absolute atomic E-state index is 0.0908. The molecule has 2 fully saturated rings. The van der Waals surface area contributed by atoms with Crippen LogP contribution >= 0.6 is 0 Å². The molecule has 1 aromatic carbocycles. The number of H-pyrrole nitrogens is 1. The summed E-state index contributed by atoms with van der Waals surface area (Å²) in [5.41, 5.74) is 0.638. The smallest absolute Gasteiger partial charge is 0.258 e. The van der Waals surface area contributed by atoms with Gasteiger partial charge in [-0.2, -0.15) is 4.98 Å². The lowest BCUT2D eigenvalue weighted by atomic mass is 10.2. The summed E-state index contributed by atoms with van der Waals surface area (Å²) < 4.78 is 5.42. The second-order valence-corrected chi connectivity index (χ2v) is 6.92. The molecule has 128 valence electrons. The Bertz CT molecular complexity index is 975. The Labute approximate surface area is 144 Å². The lowest BCUT2D eigenvalue weighted by Crippen LogP contribution is -2.26. The van der Waals surface area contributed by atoms with Crippen molar-refractivity contribution in [2.24, 2.45) is 0 Å². The quantitative estimate of drug-likeness (QED) is 0.787. The fourth-order valence-corrected chi connectivity index (χ4v) is 3.59. The van der Waals surface area contributed by atoms with Crippen molar-refractivity contribution < 1.29 is 4.52 Å². The van der Waals surface area contributed by atoms with Gasteiger partial charge in [-0.3, -0.25) is 9.69 Å². The topological polar surface area (TPSA) is 87.9 Å². The van der Waals surface area contributed by atoms with Gasteiger partial charge in [0.2, 0.25) is 5.89 Å². The highest BCUT2D eigenvalue weighted by Gasteiger charge is 2.34. The summed E-state index contributed by atoms with van der Waals surface area (Å²) >= 11 is 0. The SMILES string of the molecule is O=c1[nH]c(CN2CCCC2c2noc(C3CC3)n2)nc2ccccc12. The van der Waals surface area contributed by atoms with Gasteiger partial charge in [-0.1, -0.05) is 17.3 Å². The van der Waals surface area contributed by atoms with E-state index in [1.54, 1.807) is 6.07 Å². The van der Waals surface area contributed by atoms with Crippen molar-refractivity contribution in [1.82, 2.24) is 25.0 Å². The molecule has 0 radical (unpaired) electrons. The molecular formula is C18H19N5O2. The van der Waals surface area contributed by atoms with E-state index in [4.69, 9.17) is 4.52 Å². The van der Waals surface area contributed by atoms with Crippen molar-refractivity contribution in [2.45, 2.75) is 44.2 Å². The van der Waals surface area contributed by atoms with Gasteiger partial charge in [0.25, 0.3) is 5.56 Å². The lowest BCUT2D eigenvalue weighted by molar-refractivity contribution is 0.228. The first-order valence-corrected chi connectivity index (χ1v) is 8.83. The molecule has 1 saturated heterocycles. The van der Waals surface area contributed by atoms with E-state index in [2.05, 4.69) is 25.0 Å². The lowest BCUT2D eigenvalue weighted by Gasteiger charge is -2.21. The van der Waals surface area contributed by atoms with Crippen LogP contribution in [0.4, 0.5) is 0 Å². The zero-order valence-electron chi connectivity index (χ0n) is 13.8. The van der Waals surface area contributed by atoms with Gasteiger partial charge in [-0.05, 0) is 44.4 Å². The maximum atomic E-state index is 12.3. The molecule has 0 bridgehead atoms. The molecule has 1 aliphatic heterocycles. The summed E-state index contributed by atoms with van der Waals surface area (Å²) in [4.78, 5) is 26.7. The second-order valence-electron chi connectivity index (χ2n) is 6.92. The number of para-hydroxylation sites is 1. The van der Waals surface area contributed by atoms with Gasteiger partial charge in [-0.15, -0.1) is 0 Å². The zero-order valence-corrected chi connectivity index (χ0v) is 13.8. The van der Waals surface area contributed by atoms with Crippen LogP contribution < -0.4 is 5.56 Å². The van der Waals surface area contributed by atoms with Crippen molar-refractivity contribution in [3.8, 4) is 0 Å². The summed E-state index contributed by atoms with van der Waals surface area (Å²) in [6, 6.07) is 7.55.